The molecule has 0 aromatic rings. The fourth-order valence-corrected chi connectivity index (χ4v) is 2.11. The molecule has 0 saturated carbocycles. The molecule has 1 aliphatic carbocycles. The molecule has 0 amide bonds. The molecule has 6 heteroatoms. The van der Waals surface area contributed by atoms with Crippen LogP contribution in [0.5, 0.6) is 0 Å². The molecular formula is C11H10O6. The van der Waals surface area contributed by atoms with Crippen LogP contribution in [-0.2, 0) is 19.1 Å². The standard InChI is InChI=1S/C11H10O6/c1-5-6-4-11(9(13)14,10(15)16)3-2-7(6)17-8(5)12/h1-4H2,(H,13,14)(H,15,16). The van der Waals surface area contributed by atoms with Crippen LogP contribution in [0.25, 0.3) is 0 Å². The highest BCUT2D eigenvalue weighted by Crippen LogP contribution is 2.45. The van der Waals surface area contributed by atoms with E-state index in [1.54, 1.807) is 0 Å². The highest BCUT2D eigenvalue weighted by atomic mass is 16.5. The quantitative estimate of drug-likeness (QED) is 0.417. The minimum atomic E-state index is -1.88. The lowest BCUT2D eigenvalue weighted by atomic mass is 9.72. The summed E-state index contributed by atoms with van der Waals surface area (Å²) in [5, 5.41) is 18.1. The minimum Gasteiger partial charge on any atom is -0.480 e. The number of carbonyl (C=O) groups excluding carboxylic acids is 1. The number of ether oxygens (including phenoxy) is 1. The molecular weight excluding hydrogens is 228 g/mol. The summed E-state index contributed by atoms with van der Waals surface area (Å²) in [5.41, 5.74) is -1.49. The van der Waals surface area contributed by atoms with Crippen molar-refractivity contribution >= 4 is 17.9 Å². The first-order valence-corrected chi connectivity index (χ1v) is 4.99. The molecule has 0 bridgehead atoms. The maximum Gasteiger partial charge on any atom is 0.343 e. The van der Waals surface area contributed by atoms with Crippen LogP contribution < -0.4 is 0 Å². The van der Waals surface area contributed by atoms with Crippen LogP contribution in [0.4, 0.5) is 0 Å². The van der Waals surface area contributed by atoms with E-state index in [1.165, 1.54) is 0 Å². The third-order valence-corrected chi connectivity index (χ3v) is 3.24. The van der Waals surface area contributed by atoms with Crippen molar-refractivity contribution in [2.45, 2.75) is 19.3 Å². The summed E-state index contributed by atoms with van der Waals surface area (Å²) >= 11 is 0. The zero-order valence-corrected chi connectivity index (χ0v) is 8.86. The molecule has 0 aromatic heterocycles. The van der Waals surface area contributed by atoms with Crippen LogP contribution in [0.2, 0.25) is 0 Å². The molecule has 0 saturated heterocycles. The maximum atomic E-state index is 11.2. The van der Waals surface area contributed by atoms with Gasteiger partial charge in [0, 0.05) is 18.4 Å². The van der Waals surface area contributed by atoms with Gasteiger partial charge >= 0.3 is 17.9 Å². The molecule has 0 radical (unpaired) electrons. The van der Waals surface area contributed by atoms with E-state index in [0.29, 0.717) is 11.3 Å². The summed E-state index contributed by atoms with van der Waals surface area (Å²) in [4.78, 5) is 33.5. The van der Waals surface area contributed by atoms with Gasteiger partial charge in [0.05, 0.1) is 5.57 Å². The number of carboxylic acid groups (broad SMARTS) is 2. The molecule has 0 atom stereocenters. The van der Waals surface area contributed by atoms with Crippen molar-refractivity contribution in [1.82, 2.24) is 0 Å². The summed E-state index contributed by atoms with van der Waals surface area (Å²) in [7, 11) is 0. The van der Waals surface area contributed by atoms with Crippen molar-refractivity contribution in [3.63, 3.8) is 0 Å². The van der Waals surface area contributed by atoms with Crippen molar-refractivity contribution < 1.29 is 29.3 Å². The van der Waals surface area contributed by atoms with Crippen LogP contribution in [0.3, 0.4) is 0 Å². The maximum absolute atomic E-state index is 11.2. The van der Waals surface area contributed by atoms with Gasteiger partial charge in [0.15, 0.2) is 5.41 Å². The number of rotatable bonds is 2. The SMILES string of the molecule is C=C1C(=O)OC2=C1CC(C(=O)O)(C(=O)O)CC2. The average Bonchev–Trinajstić information content (AvgIpc) is 2.54. The molecule has 0 fully saturated rings. The van der Waals surface area contributed by atoms with Crippen molar-refractivity contribution in [3.8, 4) is 0 Å². The number of allylic oxidation sites excluding steroid dienone is 1. The van der Waals surface area contributed by atoms with Gasteiger partial charge in [-0.1, -0.05) is 6.58 Å². The predicted octanol–water partition coefficient (Wildman–Crippen LogP) is 0.693. The van der Waals surface area contributed by atoms with Gasteiger partial charge in [-0.05, 0) is 6.42 Å². The van der Waals surface area contributed by atoms with Gasteiger partial charge in [-0.25, -0.2) is 4.79 Å². The number of esters is 1. The third kappa shape index (κ3) is 1.44. The van der Waals surface area contributed by atoms with Gasteiger partial charge < -0.3 is 14.9 Å². The molecule has 2 N–H and O–H groups in total. The topological polar surface area (TPSA) is 101 Å². The Bertz CT molecular complexity index is 470. The van der Waals surface area contributed by atoms with Crippen molar-refractivity contribution in [2.75, 3.05) is 0 Å². The lowest BCUT2D eigenvalue weighted by molar-refractivity contribution is -0.165. The Morgan fingerprint density at radius 3 is 2.41 bits per heavy atom. The number of carboxylic acids is 2. The Morgan fingerprint density at radius 2 is 1.88 bits per heavy atom. The number of carbonyl (C=O) groups is 3. The van der Waals surface area contributed by atoms with Gasteiger partial charge in [-0.15, -0.1) is 0 Å². The zero-order valence-electron chi connectivity index (χ0n) is 8.86. The van der Waals surface area contributed by atoms with Crippen LogP contribution in [0, 0.1) is 5.41 Å². The highest BCUT2D eigenvalue weighted by Gasteiger charge is 2.52. The van der Waals surface area contributed by atoms with Gasteiger partial charge in [-0.2, -0.15) is 0 Å². The van der Waals surface area contributed by atoms with E-state index < -0.39 is 23.3 Å². The first kappa shape index (κ1) is 11.4. The van der Waals surface area contributed by atoms with Gasteiger partial charge in [0.1, 0.15) is 5.76 Å². The van der Waals surface area contributed by atoms with Gasteiger partial charge in [0.2, 0.25) is 0 Å². The molecule has 1 heterocycles. The minimum absolute atomic E-state index is 0.0616. The molecule has 1 aliphatic heterocycles. The van der Waals surface area contributed by atoms with Crippen molar-refractivity contribution in [2.24, 2.45) is 5.41 Å². The summed E-state index contributed by atoms with van der Waals surface area (Å²) in [6.07, 6.45) is -0.215. The zero-order chi connectivity index (χ0) is 12.8. The van der Waals surface area contributed by atoms with E-state index in [2.05, 4.69) is 6.58 Å². The van der Waals surface area contributed by atoms with Gasteiger partial charge in [-0.3, -0.25) is 9.59 Å². The van der Waals surface area contributed by atoms with Crippen LogP contribution in [0.1, 0.15) is 19.3 Å². The molecule has 2 rings (SSSR count). The Labute approximate surface area is 96.2 Å². The summed E-state index contributed by atoms with van der Waals surface area (Å²) < 4.78 is 4.89. The second-order valence-electron chi connectivity index (χ2n) is 4.14. The van der Waals surface area contributed by atoms with Crippen LogP contribution in [0.15, 0.2) is 23.5 Å². The predicted molar refractivity (Wildman–Crippen MR) is 53.8 cm³/mol. The lowest BCUT2D eigenvalue weighted by Gasteiger charge is -2.28. The average molecular weight is 238 g/mol. The Morgan fingerprint density at radius 1 is 1.29 bits per heavy atom. The fraction of sp³-hybridized carbons (Fsp3) is 0.364. The van der Waals surface area contributed by atoms with E-state index in [0.717, 1.165) is 0 Å². The largest absolute Gasteiger partial charge is 0.480 e. The Hall–Kier alpha value is -2.11. The first-order chi connectivity index (χ1) is 7.88. The molecule has 0 aromatic carbocycles. The molecule has 2 aliphatic rings. The number of aliphatic carboxylic acids is 2. The highest BCUT2D eigenvalue weighted by molar-refractivity contribution is 6.02. The van der Waals surface area contributed by atoms with E-state index >= 15 is 0 Å². The summed E-state index contributed by atoms with van der Waals surface area (Å²) in [6, 6.07) is 0. The Balaban J connectivity index is 2.41. The lowest BCUT2D eigenvalue weighted by Crippen LogP contribution is -2.41. The normalized spacial score (nSPS) is 22.1. The van der Waals surface area contributed by atoms with E-state index in [9.17, 15) is 14.4 Å². The fourth-order valence-electron chi connectivity index (χ4n) is 2.11. The second kappa shape index (κ2) is 3.44. The molecule has 90 valence electrons. The van der Waals surface area contributed by atoms with Crippen molar-refractivity contribution in [3.05, 3.63) is 23.5 Å². The van der Waals surface area contributed by atoms with Gasteiger partial charge in [0.25, 0.3) is 0 Å². The monoisotopic (exact) mass is 238 g/mol. The number of hydrogen-bond donors (Lipinski definition) is 2. The molecule has 17 heavy (non-hydrogen) atoms. The third-order valence-electron chi connectivity index (χ3n) is 3.24. The van der Waals surface area contributed by atoms with Crippen LogP contribution in [-0.4, -0.2) is 28.1 Å². The van der Waals surface area contributed by atoms with E-state index in [1.807, 2.05) is 0 Å². The smallest absolute Gasteiger partial charge is 0.343 e. The number of hydrogen-bond acceptors (Lipinski definition) is 4. The van der Waals surface area contributed by atoms with Crippen molar-refractivity contribution in [1.29, 1.82) is 0 Å². The molecule has 0 unspecified atom stereocenters. The second-order valence-corrected chi connectivity index (χ2v) is 4.14. The molecule has 0 spiro atoms. The molecule has 6 nitrogen and oxygen atoms in total. The Kier molecular flexibility index (Phi) is 2.30. The summed E-state index contributed by atoms with van der Waals surface area (Å²) in [5.74, 6) is -3.06. The van der Waals surface area contributed by atoms with E-state index in [4.69, 9.17) is 14.9 Å². The first-order valence-electron chi connectivity index (χ1n) is 4.99. The summed E-state index contributed by atoms with van der Waals surface area (Å²) in [6.45, 7) is 3.49. The van der Waals surface area contributed by atoms with Crippen LogP contribution >= 0.6 is 0 Å². The van der Waals surface area contributed by atoms with E-state index in [-0.39, 0.29) is 24.8 Å².